The minimum atomic E-state index is 0.0874. The van der Waals surface area contributed by atoms with Crippen molar-refractivity contribution in [2.24, 2.45) is 0 Å². The molecule has 0 spiro atoms. The molecule has 16 aromatic rings. The van der Waals surface area contributed by atoms with Gasteiger partial charge in [-0.25, -0.2) is 0 Å². The van der Waals surface area contributed by atoms with Gasteiger partial charge in [0.05, 0.1) is 96.2 Å². The Bertz CT molecular complexity index is 5790. The average molecular weight is 1870 g/mol. The molecule has 0 saturated heterocycles. The zero-order chi connectivity index (χ0) is 97.8. The number of anilines is 24. The molecule has 0 aliphatic rings. The summed E-state index contributed by atoms with van der Waals surface area (Å²) in [4.78, 5) is 114. The van der Waals surface area contributed by atoms with Crippen LogP contribution in [0.5, 0.6) is 0 Å². The molecule has 136 heavy (non-hydrogen) atoms. The molecule has 16 heterocycles. The van der Waals surface area contributed by atoms with Crippen molar-refractivity contribution in [1.82, 2.24) is 125 Å². The molecule has 0 aliphatic carbocycles. The van der Waals surface area contributed by atoms with Gasteiger partial charge in [0, 0.05) is 125 Å². The van der Waals surface area contributed by atoms with Gasteiger partial charge in [0.25, 0.3) is 0 Å². The number of furan rings is 7. The van der Waals surface area contributed by atoms with Crippen molar-refractivity contribution in [2.45, 2.75) is 52.4 Å². The number of nitrogens with one attached hydrogen (secondary N) is 11. The van der Waals surface area contributed by atoms with Crippen LogP contribution in [0.4, 0.5) is 143 Å². The minimum Gasteiger partial charge on any atom is -0.467 e. The van der Waals surface area contributed by atoms with E-state index >= 15 is 0 Å². The smallest absolute Gasteiger partial charge is 0.232 e. The van der Waals surface area contributed by atoms with Crippen LogP contribution in [-0.4, -0.2) is 237 Å². The zero-order valence-electron chi connectivity index (χ0n) is 77.8. The average Bonchev–Trinajstić information content (AvgIpc) is 1.01. The fraction of sp³-hybridized carbons (Fsp3) is 0.300. The first kappa shape index (κ1) is 101. The fourth-order valence-corrected chi connectivity index (χ4v) is 10.3. The van der Waals surface area contributed by atoms with E-state index in [2.05, 4.69) is 178 Å². The SMILES string of the molecule is CN(C)c1nc(N)nc(NCc2ccco2)n1.CN(C)c1nc(NCc2ccc[nH]2)nc(N(C)C)n1.CN(C)c1nc(NCc2ccco2)nc(N(C)C)n1.CN(Cc1ccco1)c1nc(N)nc(N)n1.CNc1nc(N)nc(N(C)Cc2ccco2)n1.CNc1nc(N)nc(NCc2ccco2)n1.CNc1nc(NC)nc(NCc2ccco2)n1.Nc1nc(N)nc(NCc2ccco2)n1. The lowest BCUT2D eigenvalue weighted by molar-refractivity contribution is 0.506. The third kappa shape index (κ3) is 35.2. The van der Waals surface area contributed by atoms with E-state index in [4.69, 9.17) is 71.1 Å². The standard InChI is InChI=1S/C12H19N7.C12H18N6O.3C10H14N6O.2C9H12N6O.C8H10N6O/c1-18(2)11-15-10(16-12(17-11)19(3)4)14-8-9-6-5-7-13-9;1-17(2)11-14-10(15-12(16-11)18(3)4)13-8-9-6-5-7-19-9;1-16(2)10-14-8(11)13-9(15-10)12-6-7-4-3-5-17-7;1-12-9-13-8(11)14-10(15-9)16(2)6-7-4-3-5-17-7;1-11-8-14-9(12-2)16-10(15-8)13-6-7-4-3-5-17-7;1-15(5-6-3-2-4-16-6)9-13-7(10)12-8(11)14-9;1-11-8-13-7(10)14-9(15-8)12-5-6-3-2-4-16-6;9-6-12-7(10)14-8(13-6)11-4-5-2-1-3-15-5/h5-7,13H,8H2,1-4H3,(H,14,15,16,17);5-7H,8H2,1-4H3,(H,13,14,15,16);2*3-5H,6H2,1-2H3,(H3,11,12,13,14,15);3-5H,6H2,1-2H3,(H3,11,12,13,14,15,16);2-4H,5H2,1H3,(H4,10,11,12,13,14);2-4H,5H2,1H3,(H4,10,11,12,13,14,15);1-3H,4H2,(H5,9,10,11,12,13,14). The number of hydrogen-bond acceptors (Lipinski definition) is 55. The summed E-state index contributed by atoms with van der Waals surface area (Å²) in [5.41, 5.74) is 39.5. The number of nitrogens with zero attached hydrogens (tertiary/aromatic N) is 31. The van der Waals surface area contributed by atoms with Crippen LogP contribution in [0.2, 0.25) is 0 Å². The first-order valence-corrected chi connectivity index (χ1v) is 41.0. The Kier molecular flexibility index (Phi) is 38.9. The molecule has 0 unspecified atom stereocenters. The lowest BCUT2D eigenvalue weighted by Gasteiger charge is -2.16. The fourth-order valence-electron chi connectivity index (χ4n) is 10.3. The van der Waals surface area contributed by atoms with Crippen molar-refractivity contribution in [3.63, 3.8) is 0 Å². The summed E-state index contributed by atoms with van der Waals surface area (Å²) in [5.74, 6) is 15.1. The normalized spacial score (nSPS) is 10.2. The van der Waals surface area contributed by atoms with E-state index in [1.165, 1.54) is 0 Å². The van der Waals surface area contributed by atoms with E-state index < -0.39 is 0 Å². The molecule has 16 aromatic heterocycles. The van der Waals surface area contributed by atoms with E-state index in [9.17, 15) is 0 Å². The molecule has 720 valence electrons. The first-order chi connectivity index (χ1) is 65.4. The van der Waals surface area contributed by atoms with E-state index in [0.29, 0.717) is 153 Å². The van der Waals surface area contributed by atoms with Gasteiger partial charge in [-0.2, -0.15) is 120 Å². The second kappa shape index (κ2) is 52.2. The number of hydrogen-bond donors (Lipinski definition) is 18. The summed E-state index contributed by atoms with van der Waals surface area (Å²) in [6, 6.07) is 29.8. The van der Waals surface area contributed by atoms with Gasteiger partial charge < -0.3 is 164 Å². The van der Waals surface area contributed by atoms with Crippen LogP contribution in [-0.2, 0) is 52.4 Å². The summed E-state index contributed by atoms with van der Waals surface area (Å²) in [6.07, 6.45) is 13.2. The second-order valence-corrected chi connectivity index (χ2v) is 28.6. The number of rotatable bonds is 33. The summed E-state index contributed by atoms with van der Waals surface area (Å²) < 4.78 is 36.4. The third-order valence-electron chi connectivity index (χ3n) is 16.7. The lowest BCUT2D eigenvalue weighted by atomic mass is 10.4. The Morgan fingerprint density at radius 1 is 0.228 bits per heavy atom. The van der Waals surface area contributed by atoms with Gasteiger partial charge in [0.15, 0.2) is 0 Å². The zero-order valence-corrected chi connectivity index (χ0v) is 77.8. The third-order valence-corrected chi connectivity index (χ3v) is 16.7. The minimum absolute atomic E-state index is 0.0874. The monoisotopic (exact) mass is 1870 g/mol. The number of nitrogen functional groups attached to an aromatic ring is 7. The highest BCUT2D eigenvalue weighted by molar-refractivity contribution is 5.49. The topological polar surface area (TPSA) is 742 Å². The van der Waals surface area contributed by atoms with Crippen molar-refractivity contribution in [3.8, 4) is 0 Å². The highest BCUT2D eigenvalue weighted by Gasteiger charge is 2.17. The van der Waals surface area contributed by atoms with Gasteiger partial charge in [-0.1, -0.05) is 0 Å². The summed E-state index contributed by atoms with van der Waals surface area (Å²) in [5, 5.41) is 29.7. The van der Waals surface area contributed by atoms with Gasteiger partial charge in [0.1, 0.15) is 40.3 Å². The molecule has 0 radical (unpaired) electrons. The highest BCUT2D eigenvalue weighted by atomic mass is 16.3. The molecule has 56 nitrogen and oxygen atoms in total. The highest BCUT2D eigenvalue weighted by Crippen LogP contribution is 2.21. The summed E-state index contributed by atoms with van der Waals surface area (Å²) in [6.45, 7) is 4.30. The van der Waals surface area contributed by atoms with E-state index in [0.717, 1.165) is 46.0 Å². The van der Waals surface area contributed by atoms with Gasteiger partial charge in [-0.05, 0) is 97.1 Å². The van der Waals surface area contributed by atoms with E-state index in [1.54, 1.807) is 87.9 Å². The Hall–Kier alpha value is -18.5. The van der Waals surface area contributed by atoms with Crippen LogP contribution in [0.3, 0.4) is 0 Å². The molecular formula is C80H113N49O7. The predicted molar refractivity (Wildman–Crippen MR) is 519 cm³/mol. The van der Waals surface area contributed by atoms with Crippen LogP contribution >= 0.6 is 0 Å². The van der Waals surface area contributed by atoms with Crippen LogP contribution in [0.1, 0.15) is 46.0 Å². The van der Waals surface area contributed by atoms with E-state index in [1.807, 2.05) is 206 Å². The van der Waals surface area contributed by atoms with Gasteiger partial charge >= 0.3 is 0 Å². The molecule has 0 bridgehead atoms. The number of nitrogens with two attached hydrogens (primary N) is 7. The predicted octanol–water partition coefficient (Wildman–Crippen LogP) is 5.97. The second-order valence-electron chi connectivity index (χ2n) is 28.6. The van der Waals surface area contributed by atoms with Gasteiger partial charge in [-0.15, -0.1) is 0 Å². The molecule has 56 heteroatoms. The first-order valence-electron chi connectivity index (χ1n) is 41.0. The maximum Gasteiger partial charge on any atom is 0.232 e. The molecule has 0 atom stereocenters. The maximum atomic E-state index is 5.59. The Morgan fingerprint density at radius 2 is 0.441 bits per heavy atom. The Labute approximate surface area is 780 Å². The van der Waals surface area contributed by atoms with Crippen molar-refractivity contribution >= 4 is 143 Å². The molecule has 25 N–H and O–H groups in total. The van der Waals surface area contributed by atoms with Crippen molar-refractivity contribution in [3.05, 3.63) is 193 Å². The number of aromatic nitrogens is 25. The summed E-state index contributed by atoms with van der Waals surface area (Å²) in [7, 11) is 29.5. The van der Waals surface area contributed by atoms with Crippen LogP contribution < -0.4 is 128 Å². The van der Waals surface area contributed by atoms with Crippen LogP contribution in [0.15, 0.2) is 178 Å². The van der Waals surface area contributed by atoms with Gasteiger partial charge in [-0.3, -0.25) is 0 Å². The Morgan fingerprint density at radius 3 is 0.735 bits per heavy atom. The van der Waals surface area contributed by atoms with Crippen LogP contribution in [0.25, 0.3) is 0 Å². The van der Waals surface area contributed by atoms with Gasteiger partial charge in [0.2, 0.25) is 143 Å². The molecule has 0 saturated carbocycles. The molecule has 0 fully saturated rings. The summed E-state index contributed by atoms with van der Waals surface area (Å²) >= 11 is 0. The molecule has 16 rings (SSSR count). The lowest BCUT2D eigenvalue weighted by Crippen LogP contribution is -2.20. The maximum absolute atomic E-state index is 5.59. The molecular weight excluding hydrogens is 1760 g/mol. The molecule has 0 aliphatic heterocycles. The van der Waals surface area contributed by atoms with Crippen molar-refractivity contribution in [1.29, 1.82) is 0 Å². The Balaban J connectivity index is 0.000000174. The van der Waals surface area contributed by atoms with Crippen molar-refractivity contribution < 1.29 is 30.9 Å². The molecule has 0 aromatic carbocycles. The van der Waals surface area contributed by atoms with E-state index in [-0.39, 0.29) is 41.6 Å². The van der Waals surface area contributed by atoms with Crippen molar-refractivity contribution in [2.75, 3.05) is 240 Å². The quantitative estimate of drug-likeness (QED) is 0.0225. The largest absolute Gasteiger partial charge is 0.467 e. The number of aromatic amines is 1. The number of H-pyrrole nitrogens is 1. The molecule has 0 amide bonds. The van der Waals surface area contributed by atoms with Crippen LogP contribution in [0, 0.1) is 0 Å².